The molecule has 1 rings (SSSR count). The van der Waals surface area contributed by atoms with E-state index in [1.165, 1.54) is 0 Å². The Balaban J connectivity index is 2.24. The molecule has 82 valence electrons. The molecule has 0 aliphatic rings. The van der Waals surface area contributed by atoms with Gasteiger partial charge in [0.2, 0.25) is 0 Å². The van der Waals surface area contributed by atoms with Crippen LogP contribution in [0.1, 0.15) is 32.9 Å². The molecular weight excluding hydrogens is 186 g/mol. The fraction of sp³-hybridized carbons (Fsp3) is 0.500. The summed E-state index contributed by atoms with van der Waals surface area (Å²) < 4.78 is 0. The van der Waals surface area contributed by atoms with Gasteiger partial charge in [-0.3, -0.25) is 9.97 Å². The minimum absolute atomic E-state index is 0.195. The van der Waals surface area contributed by atoms with Crippen molar-refractivity contribution in [3.63, 3.8) is 0 Å². The second-order valence-electron chi connectivity index (χ2n) is 4.50. The normalized spacial score (nSPS) is 12.2. The Kier molecular flexibility index (Phi) is 4.43. The predicted octanol–water partition coefficient (Wildman–Crippen LogP) is 2.27. The average Bonchev–Trinajstić information content (AvgIpc) is 2.17. The summed E-state index contributed by atoms with van der Waals surface area (Å²) in [6.07, 6.45) is 10.3. The molecule has 0 bridgehead atoms. The maximum Gasteiger partial charge on any atom is 0.0809 e. The molecule has 15 heavy (non-hydrogen) atoms. The molecule has 1 N–H and O–H groups in total. The van der Waals surface area contributed by atoms with Crippen LogP contribution in [-0.4, -0.2) is 22.1 Å². The van der Waals surface area contributed by atoms with Crippen molar-refractivity contribution in [3.8, 4) is 0 Å². The molecule has 1 aromatic rings. The lowest BCUT2D eigenvalue weighted by Crippen LogP contribution is -2.36. The largest absolute Gasteiger partial charge is 0.312 e. The number of aromatic nitrogens is 2. The molecule has 0 spiro atoms. The summed E-state index contributed by atoms with van der Waals surface area (Å²) in [7, 11) is 0. The summed E-state index contributed by atoms with van der Waals surface area (Å²) >= 11 is 0. The molecule has 0 fully saturated rings. The molecule has 0 radical (unpaired) electrons. The highest BCUT2D eigenvalue weighted by atomic mass is 14.9. The van der Waals surface area contributed by atoms with Gasteiger partial charge in [0.25, 0.3) is 0 Å². The lowest BCUT2D eigenvalue weighted by atomic mass is 10.1. The summed E-state index contributed by atoms with van der Waals surface area (Å²) in [5.41, 5.74) is 1.11. The van der Waals surface area contributed by atoms with E-state index in [0.717, 1.165) is 18.7 Å². The highest BCUT2D eigenvalue weighted by Gasteiger charge is 2.05. The average molecular weight is 205 g/mol. The predicted molar refractivity (Wildman–Crippen MR) is 63.4 cm³/mol. The first kappa shape index (κ1) is 11.9. The summed E-state index contributed by atoms with van der Waals surface area (Å²) in [6.45, 7) is 7.48. The van der Waals surface area contributed by atoms with Gasteiger partial charge in [0, 0.05) is 17.9 Å². The lowest BCUT2D eigenvalue weighted by Gasteiger charge is -2.19. The molecule has 0 unspecified atom stereocenters. The van der Waals surface area contributed by atoms with Crippen molar-refractivity contribution < 1.29 is 0 Å². The summed E-state index contributed by atoms with van der Waals surface area (Å²) in [5.74, 6) is 0. The molecule has 3 heteroatoms. The van der Waals surface area contributed by atoms with E-state index in [2.05, 4.69) is 42.1 Å². The summed E-state index contributed by atoms with van der Waals surface area (Å²) in [4.78, 5) is 8.15. The Morgan fingerprint density at radius 2 is 2.13 bits per heavy atom. The monoisotopic (exact) mass is 205 g/mol. The van der Waals surface area contributed by atoms with E-state index in [9.17, 15) is 0 Å². The third-order valence-electron chi connectivity index (χ3n) is 1.84. The van der Waals surface area contributed by atoms with E-state index < -0.39 is 0 Å². The Morgan fingerprint density at radius 1 is 1.33 bits per heavy atom. The zero-order valence-electron chi connectivity index (χ0n) is 9.70. The lowest BCUT2D eigenvalue weighted by molar-refractivity contribution is 0.431. The van der Waals surface area contributed by atoms with E-state index >= 15 is 0 Å². The van der Waals surface area contributed by atoms with Crippen molar-refractivity contribution in [2.24, 2.45) is 0 Å². The van der Waals surface area contributed by atoms with Gasteiger partial charge in [0.1, 0.15) is 0 Å². The van der Waals surface area contributed by atoms with Crippen LogP contribution in [0, 0.1) is 0 Å². The molecule has 0 amide bonds. The first-order valence-electron chi connectivity index (χ1n) is 5.25. The summed E-state index contributed by atoms with van der Waals surface area (Å²) in [6, 6.07) is 0. The van der Waals surface area contributed by atoms with Gasteiger partial charge in [0.15, 0.2) is 0 Å². The van der Waals surface area contributed by atoms with Gasteiger partial charge < -0.3 is 5.32 Å². The van der Waals surface area contributed by atoms with E-state index in [1.54, 1.807) is 18.6 Å². The van der Waals surface area contributed by atoms with Crippen molar-refractivity contribution >= 4 is 6.08 Å². The van der Waals surface area contributed by atoms with Gasteiger partial charge in [-0.05, 0) is 39.8 Å². The number of hydrogen-bond acceptors (Lipinski definition) is 3. The minimum Gasteiger partial charge on any atom is -0.312 e. The first-order chi connectivity index (χ1) is 7.08. The highest BCUT2D eigenvalue weighted by molar-refractivity contribution is 5.42. The molecule has 0 saturated heterocycles. The standard InChI is InChI=1S/C12H19N3/c1-12(2,3)15-7-5-4-6-11-10-13-8-9-14-11/h4,6,8-10,15H,5,7H2,1-3H3. The van der Waals surface area contributed by atoms with Crippen LogP contribution in [0.15, 0.2) is 24.7 Å². The number of hydrogen-bond donors (Lipinski definition) is 1. The Morgan fingerprint density at radius 3 is 2.73 bits per heavy atom. The van der Waals surface area contributed by atoms with Crippen LogP contribution in [-0.2, 0) is 0 Å². The van der Waals surface area contributed by atoms with Gasteiger partial charge in [0.05, 0.1) is 11.9 Å². The minimum atomic E-state index is 0.195. The van der Waals surface area contributed by atoms with Crippen LogP contribution in [0.5, 0.6) is 0 Å². The first-order valence-corrected chi connectivity index (χ1v) is 5.25. The maximum absolute atomic E-state index is 4.16. The molecule has 0 atom stereocenters. The van der Waals surface area contributed by atoms with E-state index in [-0.39, 0.29) is 5.54 Å². The van der Waals surface area contributed by atoms with Crippen molar-refractivity contribution in [1.29, 1.82) is 0 Å². The van der Waals surface area contributed by atoms with Crippen LogP contribution in [0.3, 0.4) is 0 Å². The van der Waals surface area contributed by atoms with Crippen molar-refractivity contribution in [2.45, 2.75) is 32.7 Å². The molecule has 0 aliphatic carbocycles. The molecule has 0 saturated carbocycles. The molecule has 1 aromatic heterocycles. The highest BCUT2D eigenvalue weighted by Crippen LogP contribution is 1.99. The third kappa shape index (κ3) is 5.96. The molecule has 0 aliphatic heterocycles. The third-order valence-corrected chi connectivity index (χ3v) is 1.84. The van der Waals surface area contributed by atoms with E-state index in [4.69, 9.17) is 0 Å². The SMILES string of the molecule is CC(C)(C)NCCC=Cc1cnccn1. The van der Waals surface area contributed by atoms with Crippen LogP contribution < -0.4 is 5.32 Å². The van der Waals surface area contributed by atoms with Gasteiger partial charge in [-0.25, -0.2) is 0 Å². The van der Waals surface area contributed by atoms with Crippen molar-refractivity contribution in [2.75, 3.05) is 6.54 Å². The van der Waals surface area contributed by atoms with E-state index in [0.29, 0.717) is 0 Å². The van der Waals surface area contributed by atoms with Crippen LogP contribution >= 0.6 is 0 Å². The zero-order chi connectivity index (χ0) is 11.1. The quantitative estimate of drug-likeness (QED) is 0.766. The van der Waals surface area contributed by atoms with Gasteiger partial charge in [-0.1, -0.05) is 6.08 Å². The van der Waals surface area contributed by atoms with Gasteiger partial charge >= 0.3 is 0 Å². The topological polar surface area (TPSA) is 37.8 Å². The zero-order valence-corrected chi connectivity index (χ0v) is 9.70. The van der Waals surface area contributed by atoms with Crippen LogP contribution in [0.25, 0.3) is 6.08 Å². The Hall–Kier alpha value is -1.22. The number of nitrogens with zero attached hydrogens (tertiary/aromatic N) is 2. The molecule has 0 aromatic carbocycles. The van der Waals surface area contributed by atoms with Gasteiger partial charge in [-0.15, -0.1) is 0 Å². The number of rotatable bonds is 4. The molecule has 3 nitrogen and oxygen atoms in total. The van der Waals surface area contributed by atoms with Crippen LogP contribution in [0.2, 0.25) is 0 Å². The second-order valence-corrected chi connectivity index (χ2v) is 4.50. The fourth-order valence-electron chi connectivity index (χ4n) is 1.13. The van der Waals surface area contributed by atoms with Crippen molar-refractivity contribution in [1.82, 2.24) is 15.3 Å². The fourth-order valence-corrected chi connectivity index (χ4v) is 1.13. The molecule has 1 heterocycles. The van der Waals surface area contributed by atoms with Crippen molar-refractivity contribution in [3.05, 3.63) is 30.4 Å². The second kappa shape index (κ2) is 5.61. The van der Waals surface area contributed by atoms with E-state index in [1.807, 2.05) is 6.08 Å². The summed E-state index contributed by atoms with van der Waals surface area (Å²) in [5, 5.41) is 3.42. The Bertz CT molecular complexity index is 298. The smallest absolute Gasteiger partial charge is 0.0809 e. The number of nitrogens with one attached hydrogen (secondary N) is 1. The Labute approximate surface area is 91.7 Å². The molecular formula is C12H19N3. The maximum atomic E-state index is 4.16. The van der Waals surface area contributed by atoms with Gasteiger partial charge in [-0.2, -0.15) is 0 Å². The van der Waals surface area contributed by atoms with Crippen LogP contribution in [0.4, 0.5) is 0 Å².